The molecule has 2 aliphatic heterocycles. The Morgan fingerprint density at radius 2 is 1.39 bits per heavy atom. The summed E-state index contributed by atoms with van der Waals surface area (Å²) in [5, 5.41) is 12.7. The van der Waals surface area contributed by atoms with Gasteiger partial charge in [0, 0.05) is 53.5 Å². The van der Waals surface area contributed by atoms with E-state index >= 15 is 0 Å². The van der Waals surface area contributed by atoms with Crippen molar-refractivity contribution in [2.45, 2.75) is 71.6 Å². The maximum atomic E-state index is 13.4. The van der Waals surface area contributed by atoms with Crippen LogP contribution in [0.1, 0.15) is 41.5 Å². The average Bonchev–Trinajstić information content (AvgIpc) is 3.93. The maximum Gasteiger partial charge on any atom is 0.387 e. The number of esters is 1. The fraction of sp³-hybridized carbons (Fsp3) is 0.341. The van der Waals surface area contributed by atoms with Gasteiger partial charge in [0.1, 0.15) is 35.2 Å². The molecule has 2 saturated heterocycles. The molecule has 0 bridgehead atoms. The Morgan fingerprint density at radius 1 is 0.839 bits per heavy atom. The molecule has 1 unspecified atom stereocenters. The molecule has 2 fully saturated rings. The van der Waals surface area contributed by atoms with E-state index in [1.807, 2.05) is 55.1 Å². The van der Waals surface area contributed by atoms with Gasteiger partial charge in [0.05, 0.1) is 6.61 Å². The number of aliphatic hydroxyl groups is 1. The zero-order valence-electron chi connectivity index (χ0n) is 30.5. The number of aromatic nitrogens is 2. The number of ether oxygens (including phenoxy) is 3. The summed E-state index contributed by atoms with van der Waals surface area (Å²) in [6, 6.07) is 16.8. The van der Waals surface area contributed by atoms with Crippen molar-refractivity contribution in [1.82, 2.24) is 20.2 Å². The Bertz CT molecular complexity index is 2410. The number of halogens is 4. The van der Waals surface area contributed by atoms with Crippen LogP contribution in [-0.4, -0.2) is 70.9 Å². The van der Waals surface area contributed by atoms with Crippen LogP contribution in [0.25, 0.3) is 56.2 Å². The van der Waals surface area contributed by atoms with Gasteiger partial charge in [-0.15, -0.1) is 0 Å². The lowest BCUT2D eigenvalue weighted by molar-refractivity contribution is -0.147. The molecule has 11 nitrogen and oxygen atoms in total. The number of fused-ring (bicyclic) bond motifs is 2. The van der Waals surface area contributed by atoms with Crippen LogP contribution in [0.5, 0.6) is 11.5 Å². The maximum absolute atomic E-state index is 13.4. The van der Waals surface area contributed by atoms with Gasteiger partial charge < -0.3 is 33.5 Å². The Hall–Kier alpha value is -5.51. The first-order valence-corrected chi connectivity index (χ1v) is 18.3. The Labute approximate surface area is 318 Å². The molecule has 0 amide bonds. The number of rotatable bonds is 13. The summed E-state index contributed by atoms with van der Waals surface area (Å²) in [4.78, 5) is 23.9. The van der Waals surface area contributed by atoms with Gasteiger partial charge in [0.2, 0.25) is 11.8 Å². The molecule has 2 aliphatic rings. The van der Waals surface area contributed by atoms with Gasteiger partial charge in [-0.2, -0.15) is 17.6 Å². The molecule has 292 valence electrons. The van der Waals surface area contributed by atoms with Crippen LogP contribution in [0.3, 0.4) is 0 Å². The number of hydrogen-bond donors (Lipinski definition) is 2. The standard InChI is InChI=1S/C41H38F4N4O7/c1-21-26(6-3-8-28(21)37-47-31-14-23(18-49-13-11-25(49)19-50)33(55-40(42)43)16-35(31)53-37)27-7-4-9-29(22(27)2)38-48-32-15-24(20-52-39(51)30-10-5-12-46-30)34(56-41(44)45)17-36(32)54-38/h3-4,6-9,14-17,25,30,40-41,46,50H,5,10-13,18-20H2,1-2H3/t25?,30-/m0/s1. The highest BCUT2D eigenvalue weighted by Gasteiger charge is 2.29. The highest BCUT2D eigenvalue weighted by Crippen LogP contribution is 2.40. The first-order valence-electron chi connectivity index (χ1n) is 18.3. The highest BCUT2D eigenvalue weighted by molar-refractivity contribution is 5.85. The third-order valence-electron chi connectivity index (χ3n) is 10.6. The largest absolute Gasteiger partial charge is 0.460 e. The normalized spacial score (nSPS) is 17.3. The fourth-order valence-electron chi connectivity index (χ4n) is 7.46. The SMILES string of the molecule is Cc1c(-c2nc3cc(COC(=O)[C@@H]4CCCN4)c(OC(F)F)cc3o2)cccc1-c1cccc(-c2nc3cc(CN4CCC4CO)c(OC(F)F)cc3o2)c1C. The number of nitrogens with zero attached hydrogens (tertiary/aromatic N) is 3. The van der Waals surface area contributed by atoms with Gasteiger partial charge in [-0.25, -0.2) is 9.97 Å². The van der Waals surface area contributed by atoms with Crippen LogP contribution in [0.4, 0.5) is 17.6 Å². The lowest BCUT2D eigenvalue weighted by Gasteiger charge is -2.40. The van der Waals surface area contributed by atoms with E-state index in [0.29, 0.717) is 53.1 Å². The Morgan fingerprint density at radius 3 is 1.89 bits per heavy atom. The molecule has 0 saturated carbocycles. The van der Waals surface area contributed by atoms with E-state index in [9.17, 15) is 27.5 Å². The third kappa shape index (κ3) is 7.41. The number of carbonyl (C=O) groups is 1. The van der Waals surface area contributed by atoms with E-state index in [4.69, 9.17) is 28.0 Å². The summed E-state index contributed by atoms with van der Waals surface area (Å²) in [5.74, 6) is -0.106. The lowest BCUT2D eigenvalue weighted by atomic mass is 9.91. The van der Waals surface area contributed by atoms with Crippen molar-refractivity contribution in [2.75, 3.05) is 19.7 Å². The zero-order chi connectivity index (χ0) is 39.1. The van der Waals surface area contributed by atoms with Crippen LogP contribution in [0.15, 0.2) is 69.5 Å². The predicted molar refractivity (Wildman–Crippen MR) is 197 cm³/mol. The van der Waals surface area contributed by atoms with Crippen LogP contribution >= 0.6 is 0 Å². The van der Waals surface area contributed by atoms with Gasteiger partial charge in [-0.3, -0.25) is 9.69 Å². The van der Waals surface area contributed by atoms with Crippen LogP contribution < -0.4 is 14.8 Å². The molecule has 2 atom stereocenters. The summed E-state index contributed by atoms with van der Waals surface area (Å²) in [6.07, 6.45) is 2.30. The van der Waals surface area contributed by atoms with Gasteiger partial charge in [-0.05, 0) is 86.2 Å². The molecule has 56 heavy (non-hydrogen) atoms. The van der Waals surface area contributed by atoms with Crippen molar-refractivity contribution >= 4 is 28.2 Å². The van der Waals surface area contributed by atoms with Gasteiger partial charge in [-0.1, -0.05) is 24.3 Å². The second-order valence-corrected chi connectivity index (χ2v) is 14.0. The van der Waals surface area contributed by atoms with E-state index in [-0.39, 0.29) is 53.4 Å². The minimum atomic E-state index is -3.11. The molecular formula is C41H38F4N4O7. The van der Waals surface area contributed by atoms with E-state index in [0.717, 1.165) is 41.6 Å². The van der Waals surface area contributed by atoms with Crippen LogP contribution in [0.2, 0.25) is 0 Å². The molecule has 6 aromatic rings. The van der Waals surface area contributed by atoms with Gasteiger partial charge in [0.25, 0.3) is 0 Å². The Kier molecular flexibility index (Phi) is 10.4. The van der Waals surface area contributed by atoms with Crippen molar-refractivity contribution in [1.29, 1.82) is 0 Å². The quantitative estimate of drug-likeness (QED) is 0.0871. The third-order valence-corrected chi connectivity index (χ3v) is 10.6. The summed E-state index contributed by atoms with van der Waals surface area (Å²) < 4.78 is 81.0. The molecular weight excluding hydrogens is 736 g/mol. The molecule has 2 aromatic heterocycles. The van der Waals surface area contributed by atoms with Crippen molar-refractivity contribution in [2.24, 2.45) is 0 Å². The molecule has 2 N–H and O–H groups in total. The Balaban J connectivity index is 1.10. The number of carbonyl (C=O) groups excluding carboxylic acids is 1. The number of aliphatic hydroxyl groups excluding tert-OH is 1. The topological polar surface area (TPSA) is 132 Å². The molecule has 0 spiro atoms. The molecule has 15 heteroatoms. The monoisotopic (exact) mass is 774 g/mol. The minimum Gasteiger partial charge on any atom is -0.460 e. The van der Waals surface area contributed by atoms with Crippen molar-refractivity contribution in [3.05, 3.63) is 82.9 Å². The molecule has 0 radical (unpaired) electrons. The lowest BCUT2D eigenvalue weighted by Crippen LogP contribution is -2.49. The summed E-state index contributed by atoms with van der Waals surface area (Å²) in [6.45, 7) is -0.841. The summed E-state index contributed by atoms with van der Waals surface area (Å²) in [5.41, 5.74) is 6.82. The van der Waals surface area contributed by atoms with E-state index in [2.05, 4.69) is 10.3 Å². The van der Waals surface area contributed by atoms with Crippen molar-refractivity contribution < 1.29 is 50.5 Å². The summed E-state index contributed by atoms with van der Waals surface area (Å²) in [7, 11) is 0. The molecule has 4 aromatic carbocycles. The number of alkyl halides is 4. The van der Waals surface area contributed by atoms with E-state index in [1.165, 1.54) is 18.2 Å². The number of hydrogen-bond acceptors (Lipinski definition) is 11. The second kappa shape index (κ2) is 15.6. The first-order chi connectivity index (χ1) is 27.1. The van der Waals surface area contributed by atoms with Crippen molar-refractivity contribution in [3.63, 3.8) is 0 Å². The van der Waals surface area contributed by atoms with Crippen LogP contribution in [0, 0.1) is 13.8 Å². The molecule has 4 heterocycles. The molecule has 0 aliphatic carbocycles. The molecule has 8 rings (SSSR count). The predicted octanol–water partition coefficient (Wildman–Crippen LogP) is 8.15. The number of nitrogens with one attached hydrogen (secondary N) is 1. The number of oxazole rings is 2. The van der Waals surface area contributed by atoms with Gasteiger partial charge >= 0.3 is 19.2 Å². The van der Waals surface area contributed by atoms with Crippen molar-refractivity contribution in [3.8, 4) is 45.5 Å². The fourth-order valence-corrected chi connectivity index (χ4v) is 7.46. The second-order valence-electron chi connectivity index (χ2n) is 14.0. The van der Waals surface area contributed by atoms with Crippen LogP contribution in [-0.2, 0) is 22.7 Å². The number of benzene rings is 4. The van der Waals surface area contributed by atoms with E-state index in [1.54, 1.807) is 6.07 Å². The summed E-state index contributed by atoms with van der Waals surface area (Å²) >= 11 is 0. The van der Waals surface area contributed by atoms with E-state index < -0.39 is 25.2 Å². The first kappa shape index (κ1) is 37.4. The van der Waals surface area contributed by atoms with Gasteiger partial charge in [0.15, 0.2) is 11.2 Å². The minimum absolute atomic E-state index is 0.00907. The number of likely N-dealkylation sites (tertiary alicyclic amines) is 1. The zero-order valence-corrected chi connectivity index (χ0v) is 30.5. The smallest absolute Gasteiger partial charge is 0.387 e. The average molecular weight is 775 g/mol. The highest BCUT2D eigenvalue weighted by atomic mass is 19.3.